The summed E-state index contributed by atoms with van der Waals surface area (Å²) in [5.74, 6) is 0.279. The van der Waals surface area contributed by atoms with Crippen molar-refractivity contribution in [1.29, 1.82) is 0 Å². The largest absolute Gasteiger partial charge is 0.515 e. The van der Waals surface area contributed by atoms with Crippen LogP contribution in [-0.2, 0) is 9.22 Å². The van der Waals surface area contributed by atoms with Gasteiger partial charge in [0.1, 0.15) is 0 Å². The summed E-state index contributed by atoms with van der Waals surface area (Å²) in [4.78, 5) is 12.4. The zero-order chi connectivity index (χ0) is 17.0. The molecule has 3 heteroatoms. The normalized spacial score (nSPS) is 18.0. The van der Waals surface area contributed by atoms with Crippen LogP contribution in [-0.4, -0.2) is 14.3 Å². The molecule has 0 aromatic carbocycles. The molecule has 0 N–H and O–H groups in total. The average molecular weight is 313 g/mol. The molecule has 0 radical (unpaired) electrons. The van der Waals surface area contributed by atoms with E-state index in [1.54, 1.807) is 6.92 Å². The molecule has 0 aromatic rings. The van der Waals surface area contributed by atoms with Crippen LogP contribution in [0.5, 0.6) is 0 Å². The van der Waals surface area contributed by atoms with E-state index in [1.807, 2.05) is 0 Å². The highest BCUT2D eigenvalue weighted by Crippen LogP contribution is 2.57. The van der Waals surface area contributed by atoms with E-state index >= 15 is 0 Å². The molecule has 0 aliphatic heterocycles. The van der Waals surface area contributed by atoms with Crippen LogP contribution < -0.4 is 0 Å². The first-order chi connectivity index (χ1) is 9.48. The molecule has 0 saturated heterocycles. The quantitative estimate of drug-likeness (QED) is 0.400. The minimum Gasteiger partial charge on any atom is -0.515 e. The van der Waals surface area contributed by atoms with Crippen LogP contribution in [0.4, 0.5) is 0 Å². The third-order valence-electron chi connectivity index (χ3n) is 5.75. The Balaban J connectivity index is 6.12. The van der Waals surface area contributed by atoms with Gasteiger partial charge >= 0.3 is 5.97 Å². The summed E-state index contributed by atoms with van der Waals surface area (Å²) in [6.45, 7) is 23.6. The third kappa shape index (κ3) is 3.80. The van der Waals surface area contributed by atoms with Gasteiger partial charge in [-0.2, -0.15) is 0 Å². The summed E-state index contributed by atoms with van der Waals surface area (Å²) in [6.07, 6.45) is 2.10. The van der Waals surface area contributed by atoms with Gasteiger partial charge < -0.3 is 4.43 Å². The lowest BCUT2D eigenvalue weighted by atomic mass is 9.99. The van der Waals surface area contributed by atoms with Crippen molar-refractivity contribution in [3.8, 4) is 0 Å². The summed E-state index contributed by atoms with van der Waals surface area (Å²) in [7, 11) is -2.33. The van der Waals surface area contributed by atoms with Gasteiger partial charge in [0.2, 0.25) is 0 Å². The second-order valence-corrected chi connectivity index (χ2v) is 12.5. The number of hydrogen-bond donors (Lipinski definition) is 0. The predicted molar refractivity (Wildman–Crippen MR) is 95.0 cm³/mol. The molecule has 0 aromatic heterocycles. The van der Waals surface area contributed by atoms with Crippen molar-refractivity contribution in [3.63, 3.8) is 0 Å². The Kier molecular flexibility index (Phi) is 7.41. The summed E-state index contributed by atoms with van der Waals surface area (Å²) in [5.41, 5.74) is 1.39. The minimum absolute atomic E-state index is 0.0307. The van der Waals surface area contributed by atoms with E-state index in [0.29, 0.717) is 22.6 Å². The standard InChI is InChI=1S/C18H36O2Si/c1-11-15(7)21(16(8)12-2,18(9,10)14(5)6)20-17(19)13(3)4/h14-16H,3,11-12H2,1-2,4-10H3. The molecule has 0 bridgehead atoms. The van der Waals surface area contributed by atoms with E-state index in [4.69, 9.17) is 4.43 Å². The molecule has 0 amide bonds. The number of carbonyl (C=O) groups is 1. The highest BCUT2D eigenvalue weighted by atomic mass is 28.4. The van der Waals surface area contributed by atoms with Crippen molar-refractivity contribution in [1.82, 2.24) is 0 Å². The van der Waals surface area contributed by atoms with E-state index in [-0.39, 0.29) is 11.0 Å². The van der Waals surface area contributed by atoms with Gasteiger partial charge in [0.15, 0.2) is 0 Å². The van der Waals surface area contributed by atoms with Crippen molar-refractivity contribution in [3.05, 3.63) is 12.2 Å². The third-order valence-corrected chi connectivity index (χ3v) is 12.6. The van der Waals surface area contributed by atoms with E-state index in [0.717, 1.165) is 12.8 Å². The minimum atomic E-state index is -2.33. The van der Waals surface area contributed by atoms with Crippen LogP contribution in [0.25, 0.3) is 0 Å². The Morgan fingerprint density at radius 3 is 1.71 bits per heavy atom. The lowest BCUT2D eigenvalue weighted by molar-refractivity contribution is -0.131. The van der Waals surface area contributed by atoms with Crippen LogP contribution in [0.1, 0.15) is 75.2 Å². The average Bonchev–Trinajstić information content (AvgIpc) is 2.41. The first-order valence-electron chi connectivity index (χ1n) is 8.37. The Morgan fingerprint density at radius 2 is 1.48 bits per heavy atom. The number of rotatable bonds is 8. The van der Waals surface area contributed by atoms with E-state index in [1.165, 1.54) is 0 Å². The zero-order valence-corrected chi connectivity index (χ0v) is 16.7. The monoisotopic (exact) mass is 312 g/mol. The number of carbonyl (C=O) groups excluding carboxylic acids is 1. The second kappa shape index (κ2) is 7.62. The molecule has 0 aliphatic carbocycles. The maximum atomic E-state index is 12.4. The maximum Gasteiger partial charge on any atom is 0.319 e. The Hall–Kier alpha value is -0.573. The van der Waals surface area contributed by atoms with Crippen molar-refractivity contribution in [2.24, 2.45) is 5.92 Å². The maximum absolute atomic E-state index is 12.4. The van der Waals surface area contributed by atoms with Crippen LogP contribution >= 0.6 is 0 Å². The highest BCUT2D eigenvalue weighted by molar-refractivity contribution is 6.80. The molecule has 21 heavy (non-hydrogen) atoms. The van der Waals surface area contributed by atoms with Crippen molar-refractivity contribution in [2.45, 2.75) is 91.3 Å². The Morgan fingerprint density at radius 1 is 1.10 bits per heavy atom. The van der Waals surface area contributed by atoms with Gasteiger partial charge in [0.05, 0.1) is 0 Å². The zero-order valence-electron chi connectivity index (χ0n) is 15.7. The molecule has 0 fully saturated rings. The molecule has 2 unspecified atom stereocenters. The van der Waals surface area contributed by atoms with Gasteiger partial charge in [-0.3, -0.25) is 0 Å². The van der Waals surface area contributed by atoms with Gasteiger partial charge in [-0.25, -0.2) is 4.79 Å². The van der Waals surface area contributed by atoms with Crippen LogP contribution in [0.2, 0.25) is 16.1 Å². The fraction of sp³-hybridized carbons (Fsp3) is 0.833. The molecule has 0 saturated carbocycles. The lowest BCUT2D eigenvalue weighted by Crippen LogP contribution is -2.57. The summed E-state index contributed by atoms with van der Waals surface area (Å²) in [5, 5.41) is 0.0307. The first-order valence-corrected chi connectivity index (χ1v) is 10.4. The molecule has 124 valence electrons. The topological polar surface area (TPSA) is 26.3 Å². The fourth-order valence-corrected chi connectivity index (χ4v) is 10.2. The SMILES string of the molecule is C=C(C)C(=O)O[Si](C(C)CC)(C(C)CC)C(C)(C)C(C)C. The summed E-state index contributed by atoms with van der Waals surface area (Å²) >= 11 is 0. The van der Waals surface area contributed by atoms with Crippen LogP contribution in [0.3, 0.4) is 0 Å². The summed E-state index contributed by atoms with van der Waals surface area (Å²) < 4.78 is 6.33. The first kappa shape index (κ1) is 20.4. The Bertz CT molecular complexity index is 361. The van der Waals surface area contributed by atoms with Crippen molar-refractivity contribution < 1.29 is 9.22 Å². The van der Waals surface area contributed by atoms with E-state index in [2.05, 4.69) is 62.0 Å². The lowest BCUT2D eigenvalue weighted by Gasteiger charge is -2.52. The molecular formula is C18H36O2Si. The van der Waals surface area contributed by atoms with Crippen molar-refractivity contribution in [2.75, 3.05) is 0 Å². The van der Waals surface area contributed by atoms with Gasteiger partial charge in [-0.05, 0) is 29.0 Å². The van der Waals surface area contributed by atoms with Gasteiger partial charge in [0.25, 0.3) is 8.32 Å². The number of hydrogen-bond acceptors (Lipinski definition) is 2. The second-order valence-electron chi connectivity index (χ2n) is 7.46. The van der Waals surface area contributed by atoms with Gasteiger partial charge in [0, 0.05) is 5.57 Å². The Labute approximate surface area is 133 Å². The predicted octanol–water partition coefficient (Wildman–Crippen LogP) is 6.09. The molecule has 0 spiro atoms. The summed E-state index contributed by atoms with van der Waals surface area (Å²) in [6, 6.07) is 0. The molecule has 0 heterocycles. The molecule has 2 nitrogen and oxygen atoms in total. The van der Waals surface area contributed by atoms with Crippen LogP contribution in [0, 0.1) is 5.92 Å². The fourth-order valence-electron chi connectivity index (χ4n) is 3.39. The van der Waals surface area contributed by atoms with Crippen molar-refractivity contribution >= 4 is 14.3 Å². The van der Waals surface area contributed by atoms with Gasteiger partial charge in [-0.15, -0.1) is 0 Å². The molecule has 0 rings (SSSR count). The van der Waals surface area contributed by atoms with Gasteiger partial charge in [-0.1, -0.05) is 74.8 Å². The molecular weight excluding hydrogens is 276 g/mol. The van der Waals surface area contributed by atoms with E-state index in [9.17, 15) is 4.79 Å². The molecule has 2 atom stereocenters. The van der Waals surface area contributed by atoms with Crippen LogP contribution in [0.15, 0.2) is 12.2 Å². The smallest absolute Gasteiger partial charge is 0.319 e. The molecule has 0 aliphatic rings. The highest BCUT2D eigenvalue weighted by Gasteiger charge is 2.59. The van der Waals surface area contributed by atoms with E-state index < -0.39 is 8.32 Å².